The summed E-state index contributed by atoms with van der Waals surface area (Å²) in [6.07, 6.45) is 1.10. The van der Waals surface area contributed by atoms with Crippen molar-refractivity contribution >= 4 is 38.7 Å². The van der Waals surface area contributed by atoms with Crippen LogP contribution in [0.2, 0.25) is 0 Å². The zero-order valence-electron chi connectivity index (χ0n) is 15.3. The highest BCUT2D eigenvalue weighted by molar-refractivity contribution is 7.90. The van der Waals surface area contributed by atoms with Gasteiger partial charge in [-0.25, -0.2) is 8.42 Å². The van der Waals surface area contributed by atoms with Gasteiger partial charge in [-0.2, -0.15) is 0 Å². The largest absolute Gasteiger partial charge is 0.346 e. The average molecular weight is 411 g/mol. The Morgan fingerprint density at radius 2 is 1.78 bits per heavy atom. The second-order valence-corrected chi connectivity index (χ2v) is 9.15. The molecule has 0 aliphatic carbocycles. The van der Waals surface area contributed by atoms with Gasteiger partial charge in [0.25, 0.3) is 11.8 Å². The number of carbonyl (C=O) groups excluding carboxylic acids is 2. The first kappa shape index (κ1) is 21.1. The highest BCUT2D eigenvalue weighted by Crippen LogP contribution is 2.20. The Morgan fingerprint density at radius 3 is 2.41 bits per heavy atom. The molecule has 27 heavy (non-hydrogen) atoms. The first-order chi connectivity index (χ1) is 12.8. The topological polar surface area (TPSA) is 96.8 Å². The first-order valence-corrected chi connectivity index (χ1v) is 11.3. The number of benzene rings is 1. The molecular weight excluding hydrogens is 386 g/mol. The molecule has 9 heteroatoms. The standard InChI is InChI=1S/C18H23N3O4S2/c1-3-21(12-17(22)19-11-14-7-6-10-26-14)13-18(23)20-15-8-4-5-9-16(15)27(2,24)25/h4-10H,3,11-13H2,1-2H3,(H,19,22)(H,20,23)/p+1. The minimum Gasteiger partial charge on any atom is -0.346 e. The lowest BCUT2D eigenvalue weighted by atomic mass is 10.3. The summed E-state index contributed by atoms with van der Waals surface area (Å²) < 4.78 is 23.6. The molecular formula is C18H24N3O4S2+. The van der Waals surface area contributed by atoms with Gasteiger partial charge in [-0.3, -0.25) is 9.59 Å². The Balaban J connectivity index is 1.90. The normalized spacial score (nSPS) is 12.4. The smallest absolute Gasteiger partial charge is 0.279 e. The summed E-state index contributed by atoms with van der Waals surface area (Å²) >= 11 is 1.57. The molecule has 0 spiro atoms. The van der Waals surface area contributed by atoms with Crippen LogP contribution in [0.4, 0.5) is 5.69 Å². The van der Waals surface area contributed by atoms with E-state index in [1.165, 1.54) is 6.07 Å². The number of hydrogen-bond donors (Lipinski definition) is 3. The van der Waals surface area contributed by atoms with Crippen LogP contribution in [0.3, 0.4) is 0 Å². The lowest BCUT2D eigenvalue weighted by molar-refractivity contribution is -0.881. The molecule has 2 amide bonds. The van der Waals surface area contributed by atoms with Crippen molar-refractivity contribution in [3.63, 3.8) is 0 Å². The Morgan fingerprint density at radius 1 is 1.07 bits per heavy atom. The van der Waals surface area contributed by atoms with Gasteiger partial charge < -0.3 is 15.5 Å². The van der Waals surface area contributed by atoms with Gasteiger partial charge in [0.15, 0.2) is 22.9 Å². The highest BCUT2D eigenvalue weighted by atomic mass is 32.2. The van der Waals surface area contributed by atoms with Gasteiger partial charge in [0.1, 0.15) is 0 Å². The highest BCUT2D eigenvalue weighted by Gasteiger charge is 2.19. The molecule has 0 fully saturated rings. The minimum absolute atomic E-state index is 0.0705. The van der Waals surface area contributed by atoms with Crippen molar-refractivity contribution in [3.05, 3.63) is 46.7 Å². The summed E-state index contributed by atoms with van der Waals surface area (Å²) in [6.45, 7) is 3.19. The van der Waals surface area contributed by atoms with Gasteiger partial charge in [-0.05, 0) is 30.5 Å². The average Bonchev–Trinajstić information content (AvgIpc) is 3.12. The van der Waals surface area contributed by atoms with Crippen molar-refractivity contribution in [1.29, 1.82) is 0 Å². The van der Waals surface area contributed by atoms with Gasteiger partial charge in [0.05, 0.1) is 23.7 Å². The van der Waals surface area contributed by atoms with Crippen LogP contribution >= 0.6 is 11.3 Å². The summed E-state index contributed by atoms with van der Waals surface area (Å²) in [7, 11) is -3.45. The number of likely N-dealkylation sites (N-methyl/N-ethyl adjacent to an activating group) is 1. The van der Waals surface area contributed by atoms with Crippen LogP contribution in [0.5, 0.6) is 0 Å². The molecule has 0 saturated carbocycles. The molecule has 1 unspecified atom stereocenters. The summed E-state index contributed by atoms with van der Waals surface area (Å²) in [5.41, 5.74) is 0.252. The number of anilines is 1. The second-order valence-electron chi connectivity index (χ2n) is 6.13. The molecule has 7 nitrogen and oxygen atoms in total. The number of rotatable bonds is 9. The van der Waals surface area contributed by atoms with Crippen molar-refractivity contribution in [1.82, 2.24) is 5.32 Å². The SMILES string of the molecule is CC[NH+](CC(=O)NCc1cccs1)CC(=O)Nc1ccccc1S(C)(=O)=O. The number of amides is 2. The fraction of sp³-hybridized carbons (Fsp3) is 0.333. The maximum atomic E-state index is 12.3. The van der Waals surface area contributed by atoms with Crippen LogP contribution in [-0.4, -0.2) is 46.1 Å². The summed E-state index contributed by atoms with van der Waals surface area (Å²) in [5.74, 6) is -0.474. The molecule has 2 aromatic rings. The Kier molecular flexibility index (Phi) is 7.52. The minimum atomic E-state index is -3.45. The summed E-state index contributed by atoms with van der Waals surface area (Å²) in [4.78, 5) is 26.4. The Bertz CT molecular complexity index is 880. The molecule has 0 aliphatic heterocycles. The van der Waals surface area contributed by atoms with E-state index in [1.54, 1.807) is 29.5 Å². The van der Waals surface area contributed by atoms with Gasteiger partial charge in [0.2, 0.25) is 0 Å². The number of quaternary nitrogens is 1. The van der Waals surface area contributed by atoms with Gasteiger partial charge in [0, 0.05) is 11.1 Å². The predicted molar refractivity (Wildman–Crippen MR) is 106 cm³/mol. The van der Waals surface area contributed by atoms with E-state index in [0.29, 0.717) is 13.1 Å². The number of thiophene rings is 1. The van der Waals surface area contributed by atoms with Crippen LogP contribution in [0.15, 0.2) is 46.7 Å². The van der Waals surface area contributed by atoms with Crippen LogP contribution in [0.25, 0.3) is 0 Å². The van der Waals surface area contributed by atoms with Crippen molar-refractivity contribution in [2.75, 3.05) is 31.2 Å². The predicted octanol–water partition coefficient (Wildman–Crippen LogP) is 0.311. The van der Waals surface area contributed by atoms with E-state index in [1.807, 2.05) is 24.4 Å². The molecule has 3 N–H and O–H groups in total. The molecule has 1 heterocycles. The van der Waals surface area contributed by atoms with Crippen LogP contribution in [-0.2, 0) is 26.0 Å². The number of carbonyl (C=O) groups is 2. The lowest BCUT2D eigenvalue weighted by Gasteiger charge is -2.17. The van der Waals surface area contributed by atoms with E-state index in [4.69, 9.17) is 0 Å². The summed E-state index contributed by atoms with van der Waals surface area (Å²) in [6, 6.07) is 10.1. The van der Waals surface area contributed by atoms with Crippen LogP contribution < -0.4 is 15.5 Å². The van der Waals surface area contributed by atoms with Gasteiger partial charge >= 0.3 is 0 Å². The van der Waals surface area contributed by atoms with E-state index < -0.39 is 9.84 Å². The van der Waals surface area contributed by atoms with Crippen molar-refractivity contribution in [3.8, 4) is 0 Å². The zero-order valence-corrected chi connectivity index (χ0v) is 17.0. The summed E-state index contributed by atoms with van der Waals surface area (Å²) in [5, 5.41) is 7.43. The zero-order chi connectivity index (χ0) is 19.9. The number of hydrogen-bond acceptors (Lipinski definition) is 5. The molecule has 2 rings (SSSR count). The fourth-order valence-corrected chi connectivity index (χ4v) is 4.00. The lowest BCUT2D eigenvalue weighted by Crippen LogP contribution is -3.14. The van der Waals surface area contributed by atoms with Crippen LogP contribution in [0.1, 0.15) is 11.8 Å². The Hall–Kier alpha value is -2.23. The molecule has 0 bridgehead atoms. The number of para-hydroxylation sites is 1. The van der Waals surface area contributed by atoms with Crippen molar-refractivity contribution < 1.29 is 22.9 Å². The first-order valence-electron chi connectivity index (χ1n) is 8.51. The molecule has 0 radical (unpaired) electrons. The van der Waals surface area contributed by atoms with Crippen molar-refractivity contribution in [2.24, 2.45) is 0 Å². The quantitative estimate of drug-likeness (QED) is 0.554. The molecule has 1 aromatic heterocycles. The van der Waals surface area contributed by atoms with Gasteiger partial charge in [-0.1, -0.05) is 18.2 Å². The molecule has 1 aromatic carbocycles. The maximum absolute atomic E-state index is 12.3. The van der Waals surface area contributed by atoms with E-state index in [9.17, 15) is 18.0 Å². The number of nitrogens with one attached hydrogen (secondary N) is 3. The van der Waals surface area contributed by atoms with E-state index in [-0.39, 0.29) is 35.5 Å². The number of sulfone groups is 1. The molecule has 0 aliphatic rings. The van der Waals surface area contributed by atoms with E-state index in [0.717, 1.165) is 16.0 Å². The third-order valence-corrected chi connectivity index (χ3v) is 5.95. The molecule has 1 atom stereocenters. The third kappa shape index (κ3) is 6.78. The van der Waals surface area contributed by atoms with E-state index in [2.05, 4.69) is 10.6 Å². The Labute approximate surface area is 163 Å². The molecule has 0 saturated heterocycles. The second kappa shape index (κ2) is 9.63. The van der Waals surface area contributed by atoms with E-state index >= 15 is 0 Å². The van der Waals surface area contributed by atoms with Gasteiger partial charge in [-0.15, -0.1) is 11.3 Å². The molecule has 146 valence electrons. The maximum Gasteiger partial charge on any atom is 0.279 e. The fourth-order valence-electron chi connectivity index (χ4n) is 2.52. The monoisotopic (exact) mass is 410 g/mol. The van der Waals surface area contributed by atoms with Crippen LogP contribution in [0, 0.1) is 0 Å². The third-order valence-electron chi connectivity index (χ3n) is 3.92. The van der Waals surface area contributed by atoms with Crippen molar-refractivity contribution in [2.45, 2.75) is 18.4 Å².